The Labute approximate surface area is 202 Å². The number of nitrogens with two attached hydrogens (primary N) is 1. The first kappa shape index (κ1) is 25.6. The second-order valence-corrected chi connectivity index (χ2v) is 9.47. The monoisotopic (exact) mass is 468 g/mol. The lowest BCUT2D eigenvalue weighted by molar-refractivity contribution is -0.130. The molecule has 3 N–H and O–H groups in total. The number of hydrogen-bond acceptors (Lipinski definition) is 5. The second-order valence-electron chi connectivity index (χ2n) is 9.47. The number of nitrogens with zero attached hydrogens (tertiary/aromatic N) is 4. The van der Waals surface area contributed by atoms with E-state index in [4.69, 9.17) is 10.7 Å². The molecule has 2 aromatic rings. The fourth-order valence-electron chi connectivity index (χ4n) is 4.30. The third-order valence-corrected chi connectivity index (χ3v) is 6.18. The number of aliphatic imine (C=N–C) groups is 1. The molecule has 184 valence electrons. The normalized spacial score (nSPS) is 16.6. The van der Waals surface area contributed by atoms with Crippen LogP contribution in [-0.4, -0.2) is 60.5 Å². The number of rotatable bonds is 9. The zero-order chi connectivity index (χ0) is 24.7. The van der Waals surface area contributed by atoms with Gasteiger partial charge in [0.15, 0.2) is 0 Å². The summed E-state index contributed by atoms with van der Waals surface area (Å²) in [5.41, 5.74) is 7.49. The maximum absolute atomic E-state index is 13.7. The number of benzene rings is 1. The molecule has 1 aromatic heterocycles. The molecule has 2 unspecified atom stereocenters. The van der Waals surface area contributed by atoms with Crippen LogP contribution in [0.4, 0.5) is 10.2 Å². The van der Waals surface area contributed by atoms with Crippen LogP contribution in [-0.2, 0) is 4.79 Å². The molecule has 1 amide bonds. The Morgan fingerprint density at radius 3 is 2.53 bits per heavy atom. The molecule has 1 aromatic carbocycles. The summed E-state index contributed by atoms with van der Waals surface area (Å²) in [5.74, 6) is 1.72. The minimum Gasteiger partial charge on any atom is -0.383 e. The van der Waals surface area contributed by atoms with Crippen molar-refractivity contribution in [2.75, 3.05) is 37.6 Å². The number of amides is 1. The van der Waals surface area contributed by atoms with Gasteiger partial charge < -0.3 is 15.5 Å². The number of carbonyl (C=O) groups excluding carboxylic acids is 1. The number of aryl methyl sites for hydroxylation is 1. The summed E-state index contributed by atoms with van der Waals surface area (Å²) in [6, 6.07) is 10.6. The number of pyridine rings is 1. The summed E-state index contributed by atoms with van der Waals surface area (Å²) in [6.07, 6.45) is 2.41. The molecule has 0 radical (unpaired) electrons. The third-order valence-electron chi connectivity index (χ3n) is 6.18. The predicted octanol–water partition coefficient (Wildman–Crippen LogP) is 3.18. The van der Waals surface area contributed by atoms with Crippen molar-refractivity contribution in [1.82, 2.24) is 15.2 Å². The van der Waals surface area contributed by atoms with Crippen molar-refractivity contribution in [3.8, 4) is 0 Å². The summed E-state index contributed by atoms with van der Waals surface area (Å²) in [6.45, 7) is 11.2. The highest BCUT2D eigenvalue weighted by atomic mass is 19.1. The molecule has 1 saturated heterocycles. The first-order chi connectivity index (χ1) is 16.2. The minimum atomic E-state index is -0.313. The lowest BCUT2D eigenvalue weighted by Gasteiger charge is -2.35. The number of carbonyl (C=O) groups is 1. The van der Waals surface area contributed by atoms with Gasteiger partial charge >= 0.3 is 0 Å². The number of hydrogen-bond donors (Lipinski definition) is 2. The van der Waals surface area contributed by atoms with Crippen molar-refractivity contribution < 1.29 is 9.18 Å². The molecule has 7 nitrogen and oxygen atoms in total. The second kappa shape index (κ2) is 11.9. The van der Waals surface area contributed by atoms with Gasteiger partial charge in [-0.1, -0.05) is 26.8 Å². The Kier molecular flexibility index (Phi) is 8.98. The van der Waals surface area contributed by atoms with Crippen LogP contribution in [0.1, 0.15) is 38.3 Å². The lowest BCUT2D eigenvalue weighted by atomic mass is 9.96. The number of aromatic nitrogens is 1. The van der Waals surface area contributed by atoms with Crippen molar-refractivity contribution >= 4 is 17.6 Å². The van der Waals surface area contributed by atoms with Gasteiger partial charge in [0.25, 0.3) is 0 Å². The van der Waals surface area contributed by atoms with Crippen molar-refractivity contribution in [3.05, 3.63) is 59.5 Å². The Hall–Kier alpha value is -3.00. The van der Waals surface area contributed by atoms with E-state index in [9.17, 15) is 9.18 Å². The quantitative estimate of drug-likeness (QED) is 0.436. The predicted molar refractivity (Wildman–Crippen MR) is 135 cm³/mol. The Morgan fingerprint density at radius 2 is 1.91 bits per heavy atom. The fraction of sp³-hybridized carbons (Fsp3) is 0.500. The standard InChI is InChI=1S/C26H37FN6O/c1-18(2)15-20(4)26(31-25(28)21-8-9-22(27)19(3)16-21)30-17-24(34)33-13-11-32(12-14-33)23-7-5-6-10-29-23/h5-10,16,18,20,26,30H,11-15,17H2,1-4H3,(H2,28,31). The highest BCUT2D eigenvalue weighted by Gasteiger charge is 2.24. The van der Waals surface area contributed by atoms with Crippen LogP contribution in [0.2, 0.25) is 0 Å². The van der Waals surface area contributed by atoms with Gasteiger partial charge in [-0.3, -0.25) is 10.1 Å². The van der Waals surface area contributed by atoms with Crippen LogP contribution in [0.5, 0.6) is 0 Å². The van der Waals surface area contributed by atoms with E-state index in [0.29, 0.717) is 36.0 Å². The molecule has 34 heavy (non-hydrogen) atoms. The van der Waals surface area contributed by atoms with Crippen molar-refractivity contribution in [2.45, 2.75) is 40.3 Å². The Bertz CT molecular complexity index is 973. The molecule has 1 fully saturated rings. The van der Waals surface area contributed by atoms with Crippen molar-refractivity contribution in [1.29, 1.82) is 0 Å². The van der Waals surface area contributed by atoms with Crippen LogP contribution >= 0.6 is 0 Å². The first-order valence-electron chi connectivity index (χ1n) is 12.0. The van der Waals surface area contributed by atoms with Gasteiger partial charge in [0.1, 0.15) is 23.6 Å². The van der Waals surface area contributed by atoms with Gasteiger partial charge in [0, 0.05) is 37.9 Å². The van der Waals surface area contributed by atoms with Crippen LogP contribution in [0.15, 0.2) is 47.6 Å². The molecule has 2 heterocycles. The van der Waals surface area contributed by atoms with E-state index in [2.05, 4.69) is 36.0 Å². The van der Waals surface area contributed by atoms with E-state index in [-0.39, 0.29) is 30.4 Å². The van der Waals surface area contributed by atoms with Crippen LogP contribution in [0, 0.1) is 24.6 Å². The largest absolute Gasteiger partial charge is 0.383 e. The summed E-state index contributed by atoms with van der Waals surface area (Å²) in [4.78, 5) is 26.1. The van der Waals surface area contributed by atoms with Crippen molar-refractivity contribution in [3.63, 3.8) is 0 Å². The molecule has 3 rings (SSSR count). The minimum absolute atomic E-state index is 0.0498. The van der Waals surface area contributed by atoms with Gasteiger partial charge in [0.05, 0.1) is 6.54 Å². The molecule has 0 aliphatic carbocycles. The van der Waals surface area contributed by atoms with Gasteiger partial charge in [-0.2, -0.15) is 0 Å². The molecule has 0 bridgehead atoms. The summed E-state index contributed by atoms with van der Waals surface area (Å²) in [7, 11) is 0. The highest BCUT2D eigenvalue weighted by molar-refractivity contribution is 5.97. The van der Waals surface area contributed by atoms with Gasteiger partial charge in [0.2, 0.25) is 5.91 Å². The van der Waals surface area contributed by atoms with Gasteiger partial charge in [-0.05, 0) is 61.1 Å². The zero-order valence-corrected chi connectivity index (χ0v) is 20.7. The fourth-order valence-corrected chi connectivity index (χ4v) is 4.30. The number of anilines is 1. The van der Waals surface area contributed by atoms with E-state index < -0.39 is 0 Å². The molecule has 2 atom stereocenters. The Balaban J connectivity index is 1.62. The highest BCUT2D eigenvalue weighted by Crippen LogP contribution is 2.18. The lowest BCUT2D eigenvalue weighted by Crippen LogP contribution is -2.52. The molecule has 1 aliphatic heterocycles. The molecule has 0 saturated carbocycles. The smallest absolute Gasteiger partial charge is 0.236 e. The SMILES string of the molecule is Cc1cc(C(N)=NC(NCC(=O)N2CCN(c3ccccn3)CC2)C(C)CC(C)C)ccc1F. The number of amidine groups is 1. The average molecular weight is 469 g/mol. The van der Waals surface area contributed by atoms with E-state index in [1.807, 2.05) is 23.1 Å². The van der Waals surface area contributed by atoms with E-state index in [1.54, 1.807) is 25.3 Å². The molecule has 0 spiro atoms. The van der Waals surface area contributed by atoms with Gasteiger partial charge in [-0.15, -0.1) is 0 Å². The van der Waals surface area contributed by atoms with Crippen LogP contribution < -0.4 is 16.0 Å². The first-order valence-corrected chi connectivity index (χ1v) is 12.0. The topological polar surface area (TPSA) is 86.8 Å². The zero-order valence-electron chi connectivity index (χ0n) is 20.7. The summed E-state index contributed by atoms with van der Waals surface area (Å²) >= 11 is 0. The summed E-state index contributed by atoms with van der Waals surface area (Å²) < 4.78 is 13.7. The number of nitrogens with one attached hydrogen (secondary N) is 1. The maximum atomic E-state index is 13.7. The van der Waals surface area contributed by atoms with Gasteiger partial charge in [-0.25, -0.2) is 14.4 Å². The van der Waals surface area contributed by atoms with Crippen LogP contribution in [0.3, 0.4) is 0 Å². The van der Waals surface area contributed by atoms with Crippen LogP contribution in [0.25, 0.3) is 0 Å². The van der Waals surface area contributed by atoms with E-state index in [1.165, 1.54) is 6.07 Å². The van der Waals surface area contributed by atoms with E-state index in [0.717, 1.165) is 25.3 Å². The number of piperazine rings is 1. The Morgan fingerprint density at radius 1 is 1.18 bits per heavy atom. The van der Waals surface area contributed by atoms with E-state index >= 15 is 0 Å². The van der Waals surface area contributed by atoms with Crippen molar-refractivity contribution in [2.24, 2.45) is 22.6 Å². The third kappa shape index (κ3) is 7.00. The summed E-state index contributed by atoms with van der Waals surface area (Å²) in [5, 5.41) is 3.33. The maximum Gasteiger partial charge on any atom is 0.236 e. The number of halogens is 1. The molecule has 8 heteroatoms. The molecule has 1 aliphatic rings. The molecular formula is C26H37FN6O. The average Bonchev–Trinajstić information content (AvgIpc) is 2.83. The molecular weight excluding hydrogens is 431 g/mol.